The van der Waals surface area contributed by atoms with Crippen molar-refractivity contribution in [2.75, 3.05) is 19.6 Å². The molecule has 25 heavy (non-hydrogen) atoms. The van der Waals surface area contributed by atoms with Crippen molar-refractivity contribution >= 4 is 29.2 Å². The average molecular weight is 364 g/mol. The molecule has 0 bridgehead atoms. The number of carbonyl (C=O) groups is 2. The van der Waals surface area contributed by atoms with Crippen molar-refractivity contribution in [3.63, 3.8) is 0 Å². The normalized spacial score (nSPS) is 23.6. The third kappa shape index (κ3) is 2.80. The lowest BCUT2D eigenvalue weighted by Crippen LogP contribution is -2.36. The van der Waals surface area contributed by atoms with E-state index in [1.54, 1.807) is 17.3 Å². The summed E-state index contributed by atoms with van der Waals surface area (Å²) in [5.41, 5.74) is 1.10. The van der Waals surface area contributed by atoms with E-state index >= 15 is 0 Å². The van der Waals surface area contributed by atoms with Gasteiger partial charge in [-0.3, -0.25) is 4.79 Å². The smallest absolute Gasteiger partial charge is 0.407 e. The molecular weight excluding hydrogens is 346 g/mol. The Morgan fingerprint density at radius 3 is 3.00 bits per heavy atom. The van der Waals surface area contributed by atoms with Gasteiger partial charge >= 0.3 is 6.09 Å². The Labute approximate surface area is 149 Å². The van der Waals surface area contributed by atoms with E-state index in [0.29, 0.717) is 31.7 Å². The molecule has 132 valence electrons. The van der Waals surface area contributed by atoms with Gasteiger partial charge < -0.3 is 15.0 Å². The molecule has 4 heterocycles. The highest BCUT2D eigenvalue weighted by Crippen LogP contribution is 2.30. The van der Waals surface area contributed by atoms with Crippen molar-refractivity contribution < 1.29 is 14.3 Å². The topological polar surface area (TPSA) is 88.8 Å². The molecule has 2 aromatic rings. The first-order valence-electron chi connectivity index (χ1n) is 8.24. The van der Waals surface area contributed by atoms with Gasteiger partial charge in [0.1, 0.15) is 10.6 Å². The van der Waals surface area contributed by atoms with E-state index in [9.17, 15) is 9.59 Å². The maximum atomic E-state index is 12.9. The third-order valence-corrected chi connectivity index (χ3v) is 5.15. The van der Waals surface area contributed by atoms with E-state index in [0.717, 1.165) is 18.4 Å². The molecule has 9 heteroatoms. The van der Waals surface area contributed by atoms with Gasteiger partial charge in [0.15, 0.2) is 11.3 Å². The quantitative estimate of drug-likeness (QED) is 0.834. The molecule has 2 amide bonds. The minimum absolute atomic E-state index is 0.206. The first kappa shape index (κ1) is 16.1. The summed E-state index contributed by atoms with van der Waals surface area (Å²) in [6.07, 6.45) is 5.17. The molecule has 2 saturated heterocycles. The van der Waals surface area contributed by atoms with Gasteiger partial charge in [-0.05, 0) is 25.3 Å². The molecule has 0 radical (unpaired) electrons. The number of hydrogen-bond donors (Lipinski definition) is 1. The van der Waals surface area contributed by atoms with E-state index in [1.807, 2.05) is 6.92 Å². The number of alkyl carbamates (subject to hydrolysis) is 1. The molecule has 2 aliphatic rings. The van der Waals surface area contributed by atoms with Gasteiger partial charge in [0, 0.05) is 31.9 Å². The predicted octanol–water partition coefficient (Wildman–Crippen LogP) is 1.80. The molecule has 0 aromatic carbocycles. The molecule has 1 spiro atoms. The van der Waals surface area contributed by atoms with Crippen LogP contribution in [0.25, 0.3) is 5.65 Å². The zero-order valence-electron chi connectivity index (χ0n) is 13.8. The van der Waals surface area contributed by atoms with Crippen LogP contribution < -0.4 is 5.32 Å². The number of likely N-dealkylation sites (tertiary alicyclic amines) is 1. The van der Waals surface area contributed by atoms with Crippen molar-refractivity contribution in [2.24, 2.45) is 0 Å². The lowest BCUT2D eigenvalue weighted by atomic mass is 9.95. The first-order valence-corrected chi connectivity index (χ1v) is 8.62. The van der Waals surface area contributed by atoms with Gasteiger partial charge in [-0.15, -0.1) is 0 Å². The van der Waals surface area contributed by atoms with Crippen LogP contribution in [0.3, 0.4) is 0 Å². The minimum atomic E-state index is -0.506. The van der Waals surface area contributed by atoms with Gasteiger partial charge in [-0.25, -0.2) is 14.3 Å². The van der Waals surface area contributed by atoms with Gasteiger partial charge in [0.2, 0.25) is 0 Å². The number of carbonyl (C=O) groups excluding carboxylic acids is 2. The van der Waals surface area contributed by atoms with E-state index in [-0.39, 0.29) is 22.7 Å². The second-order valence-electron chi connectivity index (χ2n) is 6.63. The lowest BCUT2D eigenvalue weighted by molar-refractivity contribution is 0.0438. The van der Waals surface area contributed by atoms with Crippen LogP contribution in [0, 0.1) is 6.92 Å². The SMILES string of the molecule is Cc1cnc2c(Cl)c(C(=O)N3CCC[C@]4(CC3)CNC(=O)O4)nn2c1. The fourth-order valence-electron chi connectivity index (χ4n) is 3.44. The van der Waals surface area contributed by atoms with E-state index in [2.05, 4.69) is 15.4 Å². The fourth-order valence-corrected chi connectivity index (χ4v) is 3.69. The Bertz CT molecular complexity index is 867. The monoisotopic (exact) mass is 363 g/mol. The number of nitrogens with zero attached hydrogens (tertiary/aromatic N) is 4. The van der Waals surface area contributed by atoms with Crippen LogP contribution in [0.1, 0.15) is 35.3 Å². The average Bonchev–Trinajstić information content (AvgIpc) is 3.02. The zero-order valence-corrected chi connectivity index (χ0v) is 14.5. The summed E-state index contributed by atoms with van der Waals surface area (Å²) < 4.78 is 6.98. The van der Waals surface area contributed by atoms with Gasteiger partial charge in [-0.1, -0.05) is 11.6 Å². The number of aromatic nitrogens is 3. The number of nitrogens with one attached hydrogen (secondary N) is 1. The number of ether oxygens (including phenoxy) is 1. The van der Waals surface area contributed by atoms with Crippen LogP contribution in [0.5, 0.6) is 0 Å². The summed E-state index contributed by atoms with van der Waals surface area (Å²) >= 11 is 6.33. The number of hydrogen-bond acceptors (Lipinski definition) is 5. The maximum absolute atomic E-state index is 12.9. The van der Waals surface area contributed by atoms with Crippen LogP contribution in [0.4, 0.5) is 4.79 Å². The summed E-state index contributed by atoms with van der Waals surface area (Å²) in [4.78, 5) is 30.3. The number of aryl methyl sites for hydroxylation is 1. The molecule has 8 nitrogen and oxygen atoms in total. The lowest BCUT2D eigenvalue weighted by Gasteiger charge is -2.24. The Morgan fingerprint density at radius 2 is 2.24 bits per heavy atom. The third-order valence-electron chi connectivity index (χ3n) is 4.80. The highest BCUT2D eigenvalue weighted by molar-refractivity contribution is 6.36. The summed E-state index contributed by atoms with van der Waals surface area (Å²) in [5, 5.41) is 7.28. The Balaban J connectivity index is 1.57. The molecule has 4 rings (SSSR count). The van der Waals surface area contributed by atoms with Crippen LogP contribution in [0.2, 0.25) is 5.02 Å². The summed E-state index contributed by atoms with van der Waals surface area (Å²) in [6, 6.07) is 0. The van der Waals surface area contributed by atoms with Gasteiger partial charge in [0.25, 0.3) is 5.91 Å². The number of fused-ring (bicyclic) bond motifs is 1. The van der Waals surface area contributed by atoms with E-state index < -0.39 is 5.60 Å². The van der Waals surface area contributed by atoms with Crippen LogP contribution in [-0.4, -0.2) is 56.7 Å². The highest BCUT2D eigenvalue weighted by Gasteiger charge is 2.42. The Kier molecular flexibility index (Phi) is 3.79. The largest absolute Gasteiger partial charge is 0.441 e. The molecular formula is C16H18ClN5O3. The van der Waals surface area contributed by atoms with E-state index in [4.69, 9.17) is 16.3 Å². The van der Waals surface area contributed by atoms with Crippen LogP contribution in [-0.2, 0) is 4.74 Å². The molecule has 1 N–H and O–H groups in total. The second kappa shape index (κ2) is 5.87. The number of amides is 2. The van der Waals surface area contributed by atoms with Crippen molar-refractivity contribution in [1.29, 1.82) is 0 Å². The van der Waals surface area contributed by atoms with Gasteiger partial charge in [-0.2, -0.15) is 5.10 Å². The molecule has 0 saturated carbocycles. The van der Waals surface area contributed by atoms with Crippen molar-refractivity contribution in [3.05, 3.63) is 28.7 Å². The molecule has 0 aliphatic carbocycles. The maximum Gasteiger partial charge on any atom is 0.407 e. The summed E-state index contributed by atoms with van der Waals surface area (Å²) in [6.45, 7) is 3.46. The van der Waals surface area contributed by atoms with E-state index in [1.165, 1.54) is 4.52 Å². The zero-order chi connectivity index (χ0) is 17.6. The van der Waals surface area contributed by atoms with Crippen molar-refractivity contribution in [1.82, 2.24) is 24.8 Å². The summed E-state index contributed by atoms with van der Waals surface area (Å²) in [7, 11) is 0. The fraction of sp³-hybridized carbons (Fsp3) is 0.500. The highest BCUT2D eigenvalue weighted by atomic mass is 35.5. The molecule has 2 fully saturated rings. The van der Waals surface area contributed by atoms with Crippen molar-refractivity contribution in [3.8, 4) is 0 Å². The standard InChI is InChI=1S/C16H18ClN5O3/c1-10-7-18-13-11(17)12(20-22(13)8-10)14(23)21-5-2-3-16(4-6-21)9-19-15(24)25-16/h7-8H,2-6,9H2,1H3,(H,19,24)/t16-/m0/s1. The molecule has 1 atom stereocenters. The Hall–Kier alpha value is -2.35. The molecule has 2 aliphatic heterocycles. The van der Waals surface area contributed by atoms with Crippen LogP contribution in [0.15, 0.2) is 12.4 Å². The number of halogens is 1. The second-order valence-corrected chi connectivity index (χ2v) is 7.01. The minimum Gasteiger partial charge on any atom is -0.441 e. The Morgan fingerprint density at radius 1 is 1.40 bits per heavy atom. The van der Waals surface area contributed by atoms with Crippen molar-refractivity contribution in [2.45, 2.75) is 31.8 Å². The summed E-state index contributed by atoms with van der Waals surface area (Å²) in [5.74, 6) is -0.220. The first-order chi connectivity index (χ1) is 12.0. The number of rotatable bonds is 1. The van der Waals surface area contributed by atoms with Crippen LogP contribution >= 0.6 is 11.6 Å². The molecule has 0 unspecified atom stereocenters. The molecule has 2 aromatic heterocycles. The predicted molar refractivity (Wildman–Crippen MR) is 89.7 cm³/mol. The van der Waals surface area contributed by atoms with Gasteiger partial charge in [0.05, 0.1) is 6.54 Å².